The molecule has 2 atom stereocenters. The normalized spacial score (nSPS) is 18.1. The maximum atomic E-state index is 12.5. The van der Waals surface area contributed by atoms with E-state index in [2.05, 4.69) is 10.1 Å². The Morgan fingerprint density at radius 1 is 1.19 bits per heavy atom. The number of amides is 1. The van der Waals surface area contributed by atoms with Gasteiger partial charge in [0, 0.05) is 25.1 Å². The molecule has 6 heteroatoms. The van der Waals surface area contributed by atoms with Gasteiger partial charge in [-0.15, -0.1) is 0 Å². The average molecular weight is 362 g/mol. The first-order valence-corrected chi connectivity index (χ1v) is 9.13. The SMILES string of the molecule is CC(c1ccccc1)N1CC(c2nc(-c3ccc(CN)cc3)no2)CC1=O. The van der Waals surface area contributed by atoms with Gasteiger partial charge >= 0.3 is 0 Å². The summed E-state index contributed by atoms with van der Waals surface area (Å²) in [6.45, 7) is 3.13. The summed E-state index contributed by atoms with van der Waals surface area (Å²) in [5.74, 6) is 1.09. The number of nitrogens with two attached hydrogens (primary N) is 1. The first-order chi connectivity index (χ1) is 13.2. The monoisotopic (exact) mass is 362 g/mol. The number of likely N-dealkylation sites (tertiary alicyclic amines) is 1. The van der Waals surface area contributed by atoms with Crippen molar-refractivity contribution in [1.29, 1.82) is 0 Å². The van der Waals surface area contributed by atoms with E-state index in [0.717, 1.165) is 16.7 Å². The number of hydrogen-bond donors (Lipinski definition) is 1. The summed E-state index contributed by atoms with van der Waals surface area (Å²) in [5, 5.41) is 4.09. The number of nitrogens with zero attached hydrogens (tertiary/aromatic N) is 3. The van der Waals surface area contributed by atoms with Gasteiger partial charge in [-0.3, -0.25) is 4.79 Å². The van der Waals surface area contributed by atoms with Crippen LogP contribution >= 0.6 is 0 Å². The molecule has 138 valence electrons. The van der Waals surface area contributed by atoms with Crippen LogP contribution in [0.2, 0.25) is 0 Å². The second-order valence-electron chi connectivity index (χ2n) is 6.89. The minimum absolute atomic E-state index is 0.0231. The van der Waals surface area contributed by atoms with Crippen LogP contribution in [0.4, 0.5) is 0 Å². The molecule has 1 aliphatic heterocycles. The van der Waals surface area contributed by atoms with E-state index in [1.54, 1.807) is 0 Å². The topological polar surface area (TPSA) is 85.2 Å². The standard InChI is InChI=1S/C21H22N4O2/c1-14(16-5-3-2-4-6-16)25-13-18(11-19(25)26)21-23-20(24-27-21)17-9-7-15(12-22)8-10-17/h2-10,14,18H,11-13,22H2,1H3. The lowest BCUT2D eigenvalue weighted by Gasteiger charge is -2.24. The molecule has 1 fully saturated rings. The highest BCUT2D eigenvalue weighted by Crippen LogP contribution is 2.33. The van der Waals surface area contributed by atoms with Crippen molar-refractivity contribution < 1.29 is 9.32 Å². The molecule has 2 unspecified atom stereocenters. The zero-order valence-electron chi connectivity index (χ0n) is 15.2. The molecular weight excluding hydrogens is 340 g/mol. The van der Waals surface area contributed by atoms with Crippen molar-refractivity contribution in [2.24, 2.45) is 5.73 Å². The van der Waals surface area contributed by atoms with Crippen LogP contribution < -0.4 is 5.73 Å². The largest absolute Gasteiger partial charge is 0.339 e. The van der Waals surface area contributed by atoms with Crippen molar-refractivity contribution in [3.8, 4) is 11.4 Å². The molecule has 4 rings (SSSR count). The van der Waals surface area contributed by atoms with E-state index < -0.39 is 0 Å². The fourth-order valence-corrected chi connectivity index (χ4v) is 3.49. The van der Waals surface area contributed by atoms with Crippen molar-refractivity contribution in [3.05, 3.63) is 71.6 Å². The Morgan fingerprint density at radius 2 is 1.93 bits per heavy atom. The van der Waals surface area contributed by atoms with Gasteiger partial charge in [0.05, 0.1) is 12.0 Å². The molecule has 2 aromatic carbocycles. The molecule has 2 N–H and O–H groups in total. The van der Waals surface area contributed by atoms with Gasteiger partial charge in [-0.05, 0) is 18.1 Å². The fourth-order valence-electron chi connectivity index (χ4n) is 3.49. The summed E-state index contributed by atoms with van der Waals surface area (Å²) in [6.07, 6.45) is 0.394. The minimum atomic E-state index is -0.0757. The van der Waals surface area contributed by atoms with E-state index in [9.17, 15) is 4.79 Å². The summed E-state index contributed by atoms with van der Waals surface area (Å²) < 4.78 is 5.48. The lowest BCUT2D eigenvalue weighted by Crippen LogP contribution is -2.28. The van der Waals surface area contributed by atoms with Crippen molar-refractivity contribution in [1.82, 2.24) is 15.0 Å². The van der Waals surface area contributed by atoms with Crippen molar-refractivity contribution in [2.75, 3.05) is 6.54 Å². The second-order valence-corrected chi connectivity index (χ2v) is 6.89. The fraction of sp³-hybridized carbons (Fsp3) is 0.286. The van der Waals surface area contributed by atoms with E-state index in [1.165, 1.54) is 0 Å². The van der Waals surface area contributed by atoms with Crippen LogP contribution in [0, 0.1) is 0 Å². The maximum Gasteiger partial charge on any atom is 0.232 e. The van der Waals surface area contributed by atoms with Crippen LogP contribution in [0.5, 0.6) is 0 Å². The Labute approximate surface area is 158 Å². The number of benzene rings is 2. The van der Waals surface area contributed by atoms with Crippen molar-refractivity contribution in [2.45, 2.75) is 31.8 Å². The second kappa shape index (κ2) is 7.32. The summed E-state index contributed by atoms with van der Waals surface area (Å²) in [4.78, 5) is 19.0. The third-order valence-electron chi connectivity index (χ3n) is 5.15. The van der Waals surface area contributed by atoms with E-state index in [0.29, 0.717) is 31.2 Å². The summed E-state index contributed by atoms with van der Waals surface area (Å²) >= 11 is 0. The first-order valence-electron chi connectivity index (χ1n) is 9.13. The molecule has 0 spiro atoms. The minimum Gasteiger partial charge on any atom is -0.339 e. The molecule has 3 aromatic rings. The Balaban J connectivity index is 1.50. The molecule has 0 radical (unpaired) electrons. The molecule has 2 heterocycles. The molecule has 0 saturated carbocycles. The smallest absolute Gasteiger partial charge is 0.232 e. The predicted octanol–water partition coefficient (Wildman–Crippen LogP) is 3.27. The van der Waals surface area contributed by atoms with Gasteiger partial charge in [0.25, 0.3) is 0 Å². The van der Waals surface area contributed by atoms with Crippen LogP contribution in [0.1, 0.15) is 42.3 Å². The van der Waals surface area contributed by atoms with Gasteiger partial charge in [-0.25, -0.2) is 0 Å². The average Bonchev–Trinajstić information content (AvgIpc) is 3.35. The van der Waals surface area contributed by atoms with Gasteiger partial charge in [0.2, 0.25) is 17.6 Å². The zero-order chi connectivity index (χ0) is 18.8. The Hall–Kier alpha value is -2.99. The van der Waals surface area contributed by atoms with Crippen LogP contribution in [0.3, 0.4) is 0 Å². The summed E-state index contributed by atoms with van der Waals surface area (Å²) in [5.41, 5.74) is 8.68. The molecule has 1 aromatic heterocycles. The van der Waals surface area contributed by atoms with Gasteiger partial charge in [-0.2, -0.15) is 4.98 Å². The quantitative estimate of drug-likeness (QED) is 0.753. The van der Waals surface area contributed by atoms with Gasteiger partial charge in [-0.1, -0.05) is 59.8 Å². The van der Waals surface area contributed by atoms with Crippen molar-refractivity contribution >= 4 is 5.91 Å². The van der Waals surface area contributed by atoms with Crippen LogP contribution in [0.25, 0.3) is 11.4 Å². The molecular formula is C21H22N4O2. The predicted molar refractivity (Wildman–Crippen MR) is 102 cm³/mol. The summed E-state index contributed by atoms with van der Waals surface area (Å²) in [6, 6.07) is 17.8. The number of carbonyl (C=O) groups excluding carboxylic acids is 1. The molecule has 1 amide bonds. The van der Waals surface area contributed by atoms with Crippen LogP contribution in [-0.4, -0.2) is 27.5 Å². The Bertz CT molecular complexity index is 921. The Morgan fingerprint density at radius 3 is 2.63 bits per heavy atom. The lowest BCUT2D eigenvalue weighted by molar-refractivity contribution is -0.129. The third kappa shape index (κ3) is 3.48. The van der Waals surface area contributed by atoms with E-state index >= 15 is 0 Å². The Kier molecular flexibility index (Phi) is 4.73. The molecule has 0 aliphatic carbocycles. The number of aromatic nitrogens is 2. The van der Waals surface area contributed by atoms with E-state index in [1.807, 2.05) is 66.4 Å². The van der Waals surface area contributed by atoms with Crippen molar-refractivity contribution in [3.63, 3.8) is 0 Å². The molecule has 6 nitrogen and oxygen atoms in total. The van der Waals surface area contributed by atoms with Gasteiger partial charge in [0.15, 0.2) is 0 Å². The lowest BCUT2D eigenvalue weighted by atomic mass is 10.1. The highest BCUT2D eigenvalue weighted by atomic mass is 16.5. The van der Waals surface area contributed by atoms with Gasteiger partial charge < -0.3 is 15.2 Å². The molecule has 27 heavy (non-hydrogen) atoms. The van der Waals surface area contributed by atoms with Gasteiger partial charge in [0.1, 0.15) is 0 Å². The number of rotatable bonds is 5. The first kappa shape index (κ1) is 17.4. The molecule has 0 bridgehead atoms. The number of carbonyl (C=O) groups is 1. The van der Waals surface area contributed by atoms with E-state index in [-0.39, 0.29) is 17.9 Å². The highest BCUT2D eigenvalue weighted by Gasteiger charge is 2.37. The third-order valence-corrected chi connectivity index (χ3v) is 5.15. The zero-order valence-corrected chi connectivity index (χ0v) is 15.2. The summed E-state index contributed by atoms with van der Waals surface area (Å²) in [7, 11) is 0. The number of hydrogen-bond acceptors (Lipinski definition) is 5. The van der Waals surface area contributed by atoms with E-state index in [4.69, 9.17) is 10.3 Å². The molecule has 1 saturated heterocycles. The maximum absolute atomic E-state index is 12.5. The highest BCUT2D eigenvalue weighted by molar-refractivity contribution is 5.80. The van der Waals surface area contributed by atoms with Crippen LogP contribution in [0.15, 0.2) is 59.1 Å². The molecule has 1 aliphatic rings. The van der Waals surface area contributed by atoms with Crippen LogP contribution in [-0.2, 0) is 11.3 Å².